The topological polar surface area (TPSA) is 79.2 Å². The van der Waals surface area contributed by atoms with E-state index in [4.69, 9.17) is 9.47 Å². The highest BCUT2D eigenvalue weighted by molar-refractivity contribution is 4.87. The van der Waals surface area contributed by atoms with Crippen LogP contribution in [-0.4, -0.2) is 53.1 Å². The van der Waals surface area contributed by atoms with Gasteiger partial charge in [0.2, 0.25) is 0 Å². The van der Waals surface area contributed by atoms with E-state index in [0.717, 1.165) is 0 Å². The maximum atomic E-state index is 9.36. The Bertz CT molecular complexity index is 151. The van der Waals surface area contributed by atoms with Gasteiger partial charge >= 0.3 is 0 Å². The molecule has 5 atom stereocenters. The Morgan fingerprint density at radius 3 is 2.25 bits per heavy atom. The molecule has 5 heteroatoms. The molecule has 1 heterocycles. The molecule has 5 nitrogen and oxygen atoms in total. The van der Waals surface area contributed by atoms with E-state index in [1.54, 1.807) is 6.92 Å². The van der Waals surface area contributed by atoms with Crippen LogP contribution in [0.3, 0.4) is 0 Å². The zero-order valence-electron chi connectivity index (χ0n) is 7.04. The van der Waals surface area contributed by atoms with E-state index in [2.05, 4.69) is 0 Å². The van der Waals surface area contributed by atoms with Crippen LogP contribution in [0.15, 0.2) is 0 Å². The summed E-state index contributed by atoms with van der Waals surface area (Å²) >= 11 is 0. The minimum Gasteiger partial charge on any atom is -0.388 e. The summed E-state index contributed by atoms with van der Waals surface area (Å²) in [6, 6.07) is 0. The lowest BCUT2D eigenvalue weighted by atomic mass is 10.00. The molecule has 0 saturated carbocycles. The quantitative estimate of drug-likeness (QED) is 0.453. The third-order valence-electron chi connectivity index (χ3n) is 2.07. The summed E-state index contributed by atoms with van der Waals surface area (Å²) in [7, 11) is 1.34. The lowest BCUT2D eigenvalue weighted by Gasteiger charge is -2.38. The van der Waals surface area contributed by atoms with E-state index in [0.29, 0.717) is 0 Å². The van der Waals surface area contributed by atoms with Crippen molar-refractivity contribution in [3.05, 3.63) is 0 Å². The number of ether oxygens (including phenoxy) is 2. The van der Waals surface area contributed by atoms with Crippen molar-refractivity contribution in [2.75, 3.05) is 7.11 Å². The van der Waals surface area contributed by atoms with Gasteiger partial charge in [0.15, 0.2) is 6.29 Å². The highest BCUT2D eigenvalue weighted by Gasteiger charge is 2.41. The molecule has 1 rings (SSSR count). The largest absolute Gasteiger partial charge is 0.388 e. The van der Waals surface area contributed by atoms with Crippen LogP contribution in [0, 0.1) is 0 Å². The van der Waals surface area contributed by atoms with Gasteiger partial charge in [0.1, 0.15) is 18.3 Å². The standard InChI is InChI=1S/C7H14O5/c1-3-4(8)5(9)6(11-2)7(10)12-3/h3-10H,1-2H3/t3-,4+,5+,6+,7-/m1/s1. The first-order valence-electron chi connectivity index (χ1n) is 3.80. The third kappa shape index (κ3) is 1.60. The molecule has 0 aromatic heterocycles. The number of hydrogen-bond acceptors (Lipinski definition) is 5. The maximum Gasteiger partial charge on any atom is 0.184 e. The minimum absolute atomic E-state index is 0.582. The van der Waals surface area contributed by atoms with E-state index in [9.17, 15) is 15.3 Å². The fraction of sp³-hybridized carbons (Fsp3) is 1.00. The molecule has 1 aliphatic rings. The lowest BCUT2D eigenvalue weighted by molar-refractivity contribution is -0.283. The molecule has 0 unspecified atom stereocenters. The molecule has 1 aliphatic heterocycles. The Labute approximate surface area is 70.5 Å². The Morgan fingerprint density at radius 1 is 1.17 bits per heavy atom. The fourth-order valence-corrected chi connectivity index (χ4v) is 1.27. The van der Waals surface area contributed by atoms with Crippen LogP contribution in [0.25, 0.3) is 0 Å². The minimum atomic E-state index is -1.18. The van der Waals surface area contributed by atoms with Gasteiger partial charge in [-0.15, -0.1) is 0 Å². The van der Waals surface area contributed by atoms with Crippen molar-refractivity contribution in [2.24, 2.45) is 0 Å². The molecule has 0 radical (unpaired) electrons. The van der Waals surface area contributed by atoms with Crippen molar-refractivity contribution in [1.29, 1.82) is 0 Å². The van der Waals surface area contributed by atoms with E-state index in [1.807, 2.05) is 0 Å². The van der Waals surface area contributed by atoms with Crippen LogP contribution in [0.1, 0.15) is 6.92 Å². The Hall–Kier alpha value is -0.200. The number of aliphatic hydroxyl groups is 3. The second-order valence-corrected chi connectivity index (χ2v) is 2.91. The summed E-state index contributed by atoms with van der Waals surface area (Å²) < 4.78 is 9.64. The van der Waals surface area contributed by atoms with E-state index in [-0.39, 0.29) is 0 Å². The molecule has 12 heavy (non-hydrogen) atoms. The first-order chi connectivity index (χ1) is 5.57. The van der Waals surface area contributed by atoms with Crippen molar-refractivity contribution >= 4 is 0 Å². The maximum absolute atomic E-state index is 9.36. The molecule has 0 bridgehead atoms. The van der Waals surface area contributed by atoms with Crippen molar-refractivity contribution in [3.63, 3.8) is 0 Å². The van der Waals surface area contributed by atoms with Gasteiger partial charge < -0.3 is 24.8 Å². The third-order valence-corrected chi connectivity index (χ3v) is 2.07. The molecule has 0 spiro atoms. The van der Waals surface area contributed by atoms with Crippen molar-refractivity contribution in [3.8, 4) is 0 Å². The first-order valence-corrected chi connectivity index (χ1v) is 3.80. The predicted octanol–water partition coefficient (Wildman–Crippen LogP) is -1.54. The van der Waals surface area contributed by atoms with Crippen LogP contribution in [-0.2, 0) is 9.47 Å². The second kappa shape index (κ2) is 3.68. The van der Waals surface area contributed by atoms with Crippen LogP contribution in [0.2, 0.25) is 0 Å². The first kappa shape index (κ1) is 9.88. The predicted molar refractivity (Wildman–Crippen MR) is 39.4 cm³/mol. The zero-order chi connectivity index (χ0) is 9.30. The molecule has 3 N–H and O–H groups in total. The van der Waals surface area contributed by atoms with Crippen molar-refractivity contribution < 1.29 is 24.8 Å². The molecular formula is C7H14O5. The van der Waals surface area contributed by atoms with Crippen molar-refractivity contribution in [1.82, 2.24) is 0 Å². The average Bonchev–Trinajstić information content (AvgIpc) is 2.01. The summed E-state index contributed by atoms with van der Waals surface area (Å²) in [5.41, 5.74) is 0. The fourth-order valence-electron chi connectivity index (χ4n) is 1.27. The second-order valence-electron chi connectivity index (χ2n) is 2.91. The molecule has 72 valence electrons. The summed E-state index contributed by atoms with van der Waals surface area (Å²) in [6.07, 6.45) is -4.76. The van der Waals surface area contributed by atoms with Crippen molar-refractivity contribution in [2.45, 2.75) is 37.6 Å². The molecule has 0 aliphatic carbocycles. The van der Waals surface area contributed by atoms with Gasteiger partial charge in [-0.3, -0.25) is 0 Å². The SMILES string of the molecule is CO[C@H]1[C@@H](O)[C@@H](O)[C@@H](C)O[C@H]1O. The number of methoxy groups -OCH3 is 1. The summed E-state index contributed by atoms with van der Waals surface area (Å²) in [5, 5.41) is 27.9. The van der Waals surface area contributed by atoms with Gasteiger partial charge in [-0.2, -0.15) is 0 Å². The Morgan fingerprint density at radius 2 is 1.75 bits per heavy atom. The molecule has 0 amide bonds. The van der Waals surface area contributed by atoms with E-state index in [1.165, 1.54) is 7.11 Å². The lowest BCUT2D eigenvalue weighted by Crippen LogP contribution is -2.57. The Kier molecular flexibility index (Phi) is 3.03. The van der Waals surface area contributed by atoms with Crippen LogP contribution < -0.4 is 0 Å². The van der Waals surface area contributed by atoms with E-state index >= 15 is 0 Å². The molecular weight excluding hydrogens is 164 g/mol. The zero-order valence-corrected chi connectivity index (χ0v) is 7.04. The van der Waals surface area contributed by atoms with Gasteiger partial charge in [0.05, 0.1) is 6.10 Å². The molecule has 0 aromatic carbocycles. The number of hydrogen-bond donors (Lipinski definition) is 3. The number of aliphatic hydroxyl groups excluding tert-OH is 3. The summed E-state index contributed by atoms with van der Waals surface area (Å²) in [4.78, 5) is 0. The van der Waals surface area contributed by atoms with Crippen LogP contribution >= 0.6 is 0 Å². The van der Waals surface area contributed by atoms with Gasteiger partial charge in [-0.05, 0) is 6.92 Å². The summed E-state index contributed by atoms with van der Waals surface area (Å²) in [6.45, 7) is 1.57. The molecule has 1 saturated heterocycles. The van der Waals surface area contributed by atoms with Gasteiger partial charge in [-0.25, -0.2) is 0 Å². The van der Waals surface area contributed by atoms with Gasteiger partial charge in [-0.1, -0.05) is 0 Å². The van der Waals surface area contributed by atoms with Crippen LogP contribution in [0.4, 0.5) is 0 Å². The van der Waals surface area contributed by atoms with Gasteiger partial charge in [0.25, 0.3) is 0 Å². The van der Waals surface area contributed by atoms with E-state index < -0.39 is 30.7 Å². The number of rotatable bonds is 1. The van der Waals surface area contributed by atoms with Crippen LogP contribution in [0.5, 0.6) is 0 Å². The highest BCUT2D eigenvalue weighted by Crippen LogP contribution is 2.20. The normalized spacial score (nSPS) is 49.2. The Balaban J connectivity index is 2.65. The molecule has 1 fully saturated rings. The monoisotopic (exact) mass is 178 g/mol. The smallest absolute Gasteiger partial charge is 0.184 e. The summed E-state index contributed by atoms with van der Waals surface area (Å²) in [5.74, 6) is 0. The molecule has 0 aromatic rings. The van der Waals surface area contributed by atoms with Gasteiger partial charge in [0, 0.05) is 7.11 Å². The average molecular weight is 178 g/mol. The highest BCUT2D eigenvalue weighted by atomic mass is 16.7.